The maximum Gasteiger partial charge on any atom is 0.336 e. The fourth-order valence-corrected chi connectivity index (χ4v) is 4.29. The number of unbranched alkanes of at least 4 members (excludes halogenated alkanes) is 12. The van der Waals surface area contributed by atoms with Crippen molar-refractivity contribution < 1.29 is 28.6 Å². The SMILES string of the molecule is C=C(C)C(=O)OC(CCCCCCCCCCCCCCC)C(OC(=O)C(=C)C)(OC(=O)C(=C)C)C(C)(C)C. The fourth-order valence-electron chi connectivity index (χ4n) is 4.29. The molecular formula is C33H56O6. The van der Waals surface area contributed by atoms with E-state index in [1.165, 1.54) is 71.6 Å². The van der Waals surface area contributed by atoms with E-state index >= 15 is 0 Å². The fraction of sp³-hybridized carbons (Fsp3) is 0.727. The lowest BCUT2D eigenvalue weighted by molar-refractivity contribution is -0.300. The lowest BCUT2D eigenvalue weighted by atomic mass is 9.79. The van der Waals surface area contributed by atoms with Crippen molar-refractivity contribution in [2.24, 2.45) is 5.41 Å². The Morgan fingerprint density at radius 3 is 1.23 bits per heavy atom. The van der Waals surface area contributed by atoms with Crippen molar-refractivity contribution in [1.82, 2.24) is 0 Å². The van der Waals surface area contributed by atoms with Crippen LogP contribution in [0.15, 0.2) is 36.5 Å². The second-order valence-corrected chi connectivity index (χ2v) is 12.0. The highest BCUT2D eigenvalue weighted by atomic mass is 16.8. The number of rotatable bonds is 21. The first-order chi connectivity index (χ1) is 18.2. The molecule has 0 aliphatic rings. The molecule has 0 fully saturated rings. The van der Waals surface area contributed by atoms with Crippen molar-refractivity contribution in [3.8, 4) is 0 Å². The minimum atomic E-state index is -1.89. The van der Waals surface area contributed by atoms with E-state index in [2.05, 4.69) is 26.7 Å². The molecule has 0 heterocycles. The zero-order chi connectivity index (χ0) is 30.1. The third-order valence-corrected chi connectivity index (χ3v) is 6.82. The van der Waals surface area contributed by atoms with Crippen LogP contribution in [-0.2, 0) is 28.6 Å². The van der Waals surface area contributed by atoms with Gasteiger partial charge in [0.05, 0.1) is 0 Å². The minimum Gasteiger partial charge on any atom is -0.451 e. The van der Waals surface area contributed by atoms with Gasteiger partial charge in [-0.1, -0.05) is 124 Å². The summed E-state index contributed by atoms with van der Waals surface area (Å²) >= 11 is 0. The van der Waals surface area contributed by atoms with Crippen LogP contribution in [0.4, 0.5) is 0 Å². The molecule has 0 saturated heterocycles. The van der Waals surface area contributed by atoms with E-state index in [0.29, 0.717) is 12.8 Å². The van der Waals surface area contributed by atoms with Crippen LogP contribution in [0.5, 0.6) is 0 Å². The highest BCUT2D eigenvalue weighted by Crippen LogP contribution is 2.42. The molecule has 0 saturated carbocycles. The first-order valence-electron chi connectivity index (χ1n) is 14.8. The van der Waals surface area contributed by atoms with Crippen LogP contribution in [0, 0.1) is 5.41 Å². The van der Waals surface area contributed by atoms with Gasteiger partial charge in [-0.25, -0.2) is 14.4 Å². The topological polar surface area (TPSA) is 78.9 Å². The van der Waals surface area contributed by atoms with Crippen LogP contribution >= 0.6 is 0 Å². The van der Waals surface area contributed by atoms with Crippen LogP contribution < -0.4 is 0 Å². The molecule has 1 atom stereocenters. The highest BCUT2D eigenvalue weighted by molar-refractivity contribution is 5.89. The van der Waals surface area contributed by atoms with Gasteiger partial charge in [-0.05, 0) is 33.6 Å². The molecule has 0 amide bonds. The van der Waals surface area contributed by atoms with Crippen LogP contribution in [0.2, 0.25) is 0 Å². The third-order valence-electron chi connectivity index (χ3n) is 6.82. The monoisotopic (exact) mass is 548 g/mol. The first kappa shape index (κ1) is 36.6. The van der Waals surface area contributed by atoms with Gasteiger partial charge in [-0.15, -0.1) is 0 Å². The average molecular weight is 549 g/mol. The molecule has 0 aliphatic carbocycles. The van der Waals surface area contributed by atoms with Gasteiger partial charge in [0.1, 0.15) is 0 Å². The van der Waals surface area contributed by atoms with Crippen LogP contribution in [0.25, 0.3) is 0 Å². The Bertz CT molecular complexity index is 789. The van der Waals surface area contributed by atoms with Crippen molar-refractivity contribution in [2.45, 2.75) is 150 Å². The Labute approximate surface area is 238 Å². The summed E-state index contributed by atoms with van der Waals surface area (Å²) in [5, 5.41) is 0. The number of ether oxygens (including phenoxy) is 3. The number of carbonyl (C=O) groups excluding carboxylic acids is 3. The standard InChI is InChI=1S/C33H56O6/c1-11-12-13-14-15-16-17-18-19-20-21-22-23-24-28(37-29(34)25(2)3)33(32(8,9)10,38-30(35)26(4)5)39-31(36)27(6)7/h28H,2,4,6,11-24H2,1,3,5,7-10H3. The Hall–Kier alpha value is -2.37. The molecule has 0 aliphatic heterocycles. The van der Waals surface area contributed by atoms with Crippen molar-refractivity contribution in [1.29, 1.82) is 0 Å². The van der Waals surface area contributed by atoms with Gasteiger partial charge in [0.15, 0.2) is 6.10 Å². The quantitative estimate of drug-likeness (QED) is 0.0616. The maximum absolute atomic E-state index is 12.8. The van der Waals surface area contributed by atoms with Gasteiger partial charge in [-0.3, -0.25) is 0 Å². The van der Waals surface area contributed by atoms with E-state index in [9.17, 15) is 14.4 Å². The lowest BCUT2D eigenvalue weighted by Gasteiger charge is -2.46. The van der Waals surface area contributed by atoms with E-state index in [1.54, 1.807) is 27.7 Å². The summed E-state index contributed by atoms with van der Waals surface area (Å²) in [5.41, 5.74) is -0.465. The second kappa shape index (κ2) is 18.8. The van der Waals surface area contributed by atoms with Gasteiger partial charge in [0.2, 0.25) is 0 Å². The van der Waals surface area contributed by atoms with E-state index in [1.807, 2.05) is 0 Å². The molecule has 0 radical (unpaired) electrons. The Morgan fingerprint density at radius 2 is 0.923 bits per heavy atom. The summed E-state index contributed by atoms with van der Waals surface area (Å²) < 4.78 is 17.5. The van der Waals surface area contributed by atoms with E-state index < -0.39 is 35.2 Å². The normalized spacial score (nSPS) is 12.4. The molecule has 39 heavy (non-hydrogen) atoms. The average Bonchev–Trinajstić information content (AvgIpc) is 2.84. The number of esters is 3. The molecule has 0 bridgehead atoms. The van der Waals surface area contributed by atoms with Gasteiger partial charge < -0.3 is 14.2 Å². The predicted molar refractivity (Wildman–Crippen MR) is 159 cm³/mol. The maximum atomic E-state index is 12.8. The van der Waals surface area contributed by atoms with E-state index in [4.69, 9.17) is 14.2 Å². The summed E-state index contributed by atoms with van der Waals surface area (Å²) in [5.74, 6) is -4.00. The summed E-state index contributed by atoms with van der Waals surface area (Å²) in [6.07, 6.45) is 14.9. The van der Waals surface area contributed by atoms with Gasteiger partial charge in [-0.2, -0.15) is 0 Å². The summed E-state index contributed by atoms with van der Waals surface area (Å²) in [6.45, 7) is 23.2. The number of hydrogen-bond acceptors (Lipinski definition) is 6. The minimum absolute atomic E-state index is 0.140. The van der Waals surface area contributed by atoms with Crippen LogP contribution in [0.3, 0.4) is 0 Å². The van der Waals surface area contributed by atoms with Crippen LogP contribution in [-0.4, -0.2) is 29.8 Å². The van der Waals surface area contributed by atoms with Crippen LogP contribution in [0.1, 0.15) is 138 Å². The molecule has 6 nitrogen and oxygen atoms in total. The van der Waals surface area contributed by atoms with Crippen molar-refractivity contribution in [3.63, 3.8) is 0 Å². The van der Waals surface area contributed by atoms with E-state index in [0.717, 1.165) is 19.3 Å². The predicted octanol–water partition coefficient (Wildman–Crippen LogP) is 8.94. The second-order valence-electron chi connectivity index (χ2n) is 12.0. The molecule has 0 aromatic carbocycles. The van der Waals surface area contributed by atoms with Gasteiger partial charge in [0, 0.05) is 22.1 Å². The van der Waals surface area contributed by atoms with Crippen molar-refractivity contribution in [2.75, 3.05) is 0 Å². The summed E-state index contributed by atoms with van der Waals surface area (Å²) in [7, 11) is 0. The summed E-state index contributed by atoms with van der Waals surface area (Å²) in [4.78, 5) is 38.2. The van der Waals surface area contributed by atoms with Crippen molar-refractivity contribution in [3.05, 3.63) is 36.5 Å². The molecule has 0 aromatic heterocycles. The number of hydrogen-bond donors (Lipinski definition) is 0. The third kappa shape index (κ3) is 14.0. The zero-order valence-electron chi connectivity index (χ0n) is 26.0. The molecule has 0 rings (SSSR count). The molecule has 6 heteroatoms. The lowest BCUT2D eigenvalue weighted by Crippen LogP contribution is -2.60. The van der Waals surface area contributed by atoms with Gasteiger partial charge in [0.25, 0.3) is 5.79 Å². The highest BCUT2D eigenvalue weighted by Gasteiger charge is 2.57. The molecule has 0 spiro atoms. The number of carbonyl (C=O) groups is 3. The van der Waals surface area contributed by atoms with Gasteiger partial charge >= 0.3 is 17.9 Å². The molecular weight excluding hydrogens is 492 g/mol. The molecule has 0 N–H and O–H groups in total. The summed E-state index contributed by atoms with van der Waals surface area (Å²) in [6, 6.07) is 0. The molecule has 224 valence electrons. The Balaban J connectivity index is 5.41. The largest absolute Gasteiger partial charge is 0.451 e. The van der Waals surface area contributed by atoms with E-state index in [-0.39, 0.29) is 16.7 Å². The zero-order valence-corrected chi connectivity index (χ0v) is 26.0. The Kier molecular flexibility index (Phi) is 17.7. The first-order valence-corrected chi connectivity index (χ1v) is 14.8. The smallest absolute Gasteiger partial charge is 0.336 e. The molecule has 0 aromatic rings. The van der Waals surface area contributed by atoms with Crippen molar-refractivity contribution >= 4 is 17.9 Å². The Morgan fingerprint density at radius 1 is 0.590 bits per heavy atom. The molecule has 1 unspecified atom stereocenters.